The zero-order valence-corrected chi connectivity index (χ0v) is 6.07. The van der Waals surface area contributed by atoms with E-state index < -0.39 is 7.82 Å². The Balaban J connectivity index is 3.38. The number of aliphatic hydroxyl groups excluding tert-OH is 1. The summed E-state index contributed by atoms with van der Waals surface area (Å²) in [5, 5.41) is 8.16. The Bertz CT molecular complexity index is 148. The van der Waals surface area contributed by atoms with E-state index in [9.17, 15) is 4.57 Å². The number of hydrogen-bond acceptors (Lipinski definition) is 3. The molecule has 0 aromatic rings. The van der Waals surface area contributed by atoms with Gasteiger partial charge in [0.2, 0.25) is 0 Å². The molecule has 0 amide bonds. The first-order chi connectivity index (χ1) is 4.56. The Morgan fingerprint density at radius 3 is 2.40 bits per heavy atom. The van der Waals surface area contributed by atoms with E-state index in [-0.39, 0.29) is 13.2 Å². The van der Waals surface area contributed by atoms with Crippen molar-refractivity contribution in [3.05, 3.63) is 12.2 Å². The summed E-state index contributed by atoms with van der Waals surface area (Å²) in [7, 11) is -4.34. The van der Waals surface area contributed by atoms with E-state index in [1.165, 1.54) is 12.2 Å². The van der Waals surface area contributed by atoms with Gasteiger partial charge in [0.25, 0.3) is 0 Å². The molecule has 0 unspecified atom stereocenters. The molecule has 10 heavy (non-hydrogen) atoms. The average molecular weight is 168 g/mol. The zero-order chi connectivity index (χ0) is 8.04. The Labute approximate surface area is 58.2 Å². The normalized spacial score (nSPS) is 12.7. The Morgan fingerprint density at radius 2 is 2.00 bits per heavy atom. The minimum atomic E-state index is -4.34. The number of rotatable bonds is 4. The van der Waals surface area contributed by atoms with Gasteiger partial charge >= 0.3 is 7.82 Å². The molecule has 0 rings (SSSR count). The minimum Gasteiger partial charge on any atom is -0.392 e. The molecule has 0 atom stereocenters. The van der Waals surface area contributed by atoms with Gasteiger partial charge in [0, 0.05) is 0 Å². The standard InChI is InChI=1S/C4H9O5P/c5-3-1-2-4-9-10(6,7)8/h1-2,5H,3-4H2,(H2,6,7,8). The van der Waals surface area contributed by atoms with Gasteiger partial charge in [0.1, 0.15) is 0 Å². The summed E-state index contributed by atoms with van der Waals surface area (Å²) < 4.78 is 14.0. The number of aliphatic hydroxyl groups is 1. The highest BCUT2D eigenvalue weighted by atomic mass is 31.2. The predicted molar refractivity (Wildman–Crippen MR) is 34.2 cm³/mol. The molecule has 0 fully saturated rings. The molecule has 0 aliphatic rings. The average Bonchev–Trinajstić information content (AvgIpc) is 1.78. The van der Waals surface area contributed by atoms with Crippen molar-refractivity contribution in [1.82, 2.24) is 0 Å². The molecular weight excluding hydrogens is 159 g/mol. The van der Waals surface area contributed by atoms with Crippen molar-refractivity contribution in [2.75, 3.05) is 13.2 Å². The molecular formula is C4H9O5P. The number of phosphoric ester groups is 1. The van der Waals surface area contributed by atoms with Gasteiger partial charge in [0.05, 0.1) is 13.2 Å². The maximum atomic E-state index is 9.97. The van der Waals surface area contributed by atoms with E-state index in [2.05, 4.69) is 4.52 Å². The molecule has 0 spiro atoms. The minimum absolute atomic E-state index is 0.162. The summed E-state index contributed by atoms with van der Waals surface area (Å²) >= 11 is 0. The first-order valence-electron chi connectivity index (χ1n) is 2.52. The molecule has 0 saturated carbocycles. The van der Waals surface area contributed by atoms with Crippen molar-refractivity contribution in [3.63, 3.8) is 0 Å². The summed E-state index contributed by atoms with van der Waals surface area (Å²) in [5.41, 5.74) is 0. The van der Waals surface area contributed by atoms with Gasteiger partial charge in [-0.25, -0.2) is 4.57 Å². The first kappa shape index (κ1) is 9.81. The number of phosphoric acid groups is 1. The van der Waals surface area contributed by atoms with Gasteiger partial charge in [-0.15, -0.1) is 0 Å². The molecule has 6 heteroatoms. The van der Waals surface area contributed by atoms with Crippen LogP contribution in [-0.2, 0) is 9.09 Å². The highest BCUT2D eigenvalue weighted by molar-refractivity contribution is 7.46. The van der Waals surface area contributed by atoms with Gasteiger partial charge in [-0.1, -0.05) is 12.2 Å². The number of hydrogen-bond donors (Lipinski definition) is 3. The lowest BCUT2D eigenvalue weighted by atomic mass is 10.5. The van der Waals surface area contributed by atoms with Crippen LogP contribution in [0.3, 0.4) is 0 Å². The summed E-state index contributed by atoms with van der Waals surface area (Å²) in [4.78, 5) is 16.2. The van der Waals surface area contributed by atoms with Crippen molar-refractivity contribution >= 4 is 7.82 Å². The van der Waals surface area contributed by atoms with Crippen LogP contribution in [0.5, 0.6) is 0 Å². The molecule has 0 aliphatic heterocycles. The van der Waals surface area contributed by atoms with Crippen molar-refractivity contribution in [3.8, 4) is 0 Å². The fourth-order valence-electron chi connectivity index (χ4n) is 0.283. The third kappa shape index (κ3) is 7.81. The summed E-state index contributed by atoms with van der Waals surface area (Å²) in [6.45, 7) is -0.352. The molecule has 0 bridgehead atoms. The van der Waals surface area contributed by atoms with Crippen LogP contribution in [-0.4, -0.2) is 28.1 Å². The van der Waals surface area contributed by atoms with Gasteiger partial charge in [0.15, 0.2) is 0 Å². The lowest BCUT2D eigenvalue weighted by molar-refractivity contribution is 0.215. The van der Waals surface area contributed by atoms with Crippen LogP contribution in [0.15, 0.2) is 12.2 Å². The smallest absolute Gasteiger partial charge is 0.392 e. The van der Waals surface area contributed by atoms with Gasteiger partial charge in [-0.2, -0.15) is 0 Å². The van der Waals surface area contributed by atoms with Crippen LogP contribution in [0.1, 0.15) is 0 Å². The van der Waals surface area contributed by atoms with Crippen LogP contribution in [0.25, 0.3) is 0 Å². The third-order valence-electron chi connectivity index (χ3n) is 0.611. The van der Waals surface area contributed by atoms with Crippen molar-refractivity contribution in [1.29, 1.82) is 0 Å². The van der Waals surface area contributed by atoms with Gasteiger partial charge in [-0.3, -0.25) is 4.52 Å². The Morgan fingerprint density at radius 1 is 1.40 bits per heavy atom. The monoisotopic (exact) mass is 168 g/mol. The highest BCUT2D eigenvalue weighted by Crippen LogP contribution is 2.35. The highest BCUT2D eigenvalue weighted by Gasteiger charge is 2.10. The maximum absolute atomic E-state index is 9.97. The van der Waals surface area contributed by atoms with Crippen molar-refractivity contribution < 1.29 is 24.0 Å². The second-order valence-electron chi connectivity index (χ2n) is 1.44. The molecule has 0 radical (unpaired) electrons. The van der Waals surface area contributed by atoms with E-state index in [0.29, 0.717) is 0 Å². The van der Waals surface area contributed by atoms with Crippen LogP contribution in [0.4, 0.5) is 0 Å². The van der Waals surface area contributed by atoms with E-state index in [4.69, 9.17) is 14.9 Å². The van der Waals surface area contributed by atoms with E-state index >= 15 is 0 Å². The van der Waals surface area contributed by atoms with Crippen molar-refractivity contribution in [2.45, 2.75) is 0 Å². The van der Waals surface area contributed by atoms with E-state index in [1.807, 2.05) is 0 Å². The molecule has 60 valence electrons. The second-order valence-corrected chi connectivity index (χ2v) is 2.68. The van der Waals surface area contributed by atoms with Crippen LogP contribution in [0.2, 0.25) is 0 Å². The maximum Gasteiger partial charge on any atom is 0.469 e. The second kappa shape index (κ2) is 4.60. The topological polar surface area (TPSA) is 87.0 Å². The fraction of sp³-hybridized carbons (Fsp3) is 0.500. The van der Waals surface area contributed by atoms with Gasteiger partial charge in [-0.05, 0) is 0 Å². The van der Waals surface area contributed by atoms with Gasteiger partial charge < -0.3 is 14.9 Å². The SMILES string of the molecule is O=P(O)(O)OCC=CCO. The molecule has 0 saturated heterocycles. The molecule has 0 aliphatic carbocycles. The quantitative estimate of drug-likeness (QED) is 0.394. The summed E-state index contributed by atoms with van der Waals surface area (Å²) in [5.74, 6) is 0. The predicted octanol–water partition coefficient (Wildman–Crippen LogP) is -0.356. The zero-order valence-electron chi connectivity index (χ0n) is 5.17. The van der Waals surface area contributed by atoms with E-state index in [1.54, 1.807) is 0 Å². The largest absolute Gasteiger partial charge is 0.469 e. The van der Waals surface area contributed by atoms with Crippen LogP contribution in [0, 0.1) is 0 Å². The Hall–Kier alpha value is -0.190. The molecule has 0 heterocycles. The molecule has 5 nitrogen and oxygen atoms in total. The molecule has 3 N–H and O–H groups in total. The molecule has 0 aromatic carbocycles. The third-order valence-corrected chi connectivity index (χ3v) is 1.10. The van der Waals surface area contributed by atoms with Crippen molar-refractivity contribution in [2.24, 2.45) is 0 Å². The Kier molecular flexibility index (Phi) is 4.51. The van der Waals surface area contributed by atoms with Crippen LogP contribution < -0.4 is 0 Å². The van der Waals surface area contributed by atoms with Crippen LogP contribution >= 0.6 is 7.82 Å². The first-order valence-corrected chi connectivity index (χ1v) is 4.05. The summed E-state index contributed by atoms with van der Waals surface area (Å²) in [6.07, 6.45) is 2.65. The fourth-order valence-corrected chi connectivity index (χ4v) is 0.563. The lowest BCUT2D eigenvalue weighted by Crippen LogP contribution is -1.87. The van der Waals surface area contributed by atoms with E-state index in [0.717, 1.165) is 0 Å². The summed E-state index contributed by atoms with van der Waals surface area (Å²) in [6, 6.07) is 0. The molecule has 0 aromatic heterocycles. The lowest BCUT2D eigenvalue weighted by Gasteiger charge is -1.99.